The molecule has 0 fully saturated rings. The van der Waals surface area contributed by atoms with Crippen molar-refractivity contribution in [3.05, 3.63) is 72.1 Å². The molecule has 1 heterocycles. The maximum atomic E-state index is 13.3. The highest BCUT2D eigenvalue weighted by Gasteiger charge is 2.49. The van der Waals surface area contributed by atoms with Crippen molar-refractivity contribution < 1.29 is 32.2 Å². The van der Waals surface area contributed by atoms with Crippen LogP contribution in [0.4, 0.5) is 13.2 Å². The minimum atomic E-state index is -5.09. The summed E-state index contributed by atoms with van der Waals surface area (Å²) in [5.41, 5.74) is 3.37. The van der Waals surface area contributed by atoms with E-state index in [9.17, 15) is 22.8 Å². The number of aromatic nitrogens is 2. The zero-order valence-electron chi connectivity index (χ0n) is 22.9. The molecule has 0 saturated heterocycles. The lowest BCUT2D eigenvalue weighted by Crippen LogP contribution is -2.42. The largest absolute Gasteiger partial charge is 0.463 e. The first-order valence-electron chi connectivity index (χ1n) is 13.7. The minimum absolute atomic E-state index is 0.137. The van der Waals surface area contributed by atoms with Crippen molar-refractivity contribution >= 4 is 11.9 Å². The Labute approximate surface area is 233 Å². The Hall–Kier alpha value is -3.75. The number of benzene rings is 2. The van der Waals surface area contributed by atoms with Gasteiger partial charge in [0, 0.05) is 23.5 Å². The topological polar surface area (TPSA) is 78.4 Å². The molecule has 40 heavy (non-hydrogen) atoms. The molecule has 0 radical (unpaired) electrons. The van der Waals surface area contributed by atoms with E-state index in [0.717, 1.165) is 12.0 Å². The van der Waals surface area contributed by atoms with Gasteiger partial charge in [0.1, 0.15) is 0 Å². The monoisotopic (exact) mass is 556 g/mol. The predicted octanol–water partition coefficient (Wildman–Crippen LogP) is 7.75. The number of alkyl halides is 3. The minimum Gasteiger partial charge on any atom is -0.463 e. The highest BCUT2D eigenvalue weighted by Crippen LogP contribution is 2.26. The van der Waals surface area contributed by atoms with Crippen LogP contribution in [-0.4, -0.2) is 40.8 Å². The second kappa shape index (κ2) is 15.1. The molecular weight excluding hydrogens is 521 g/mol. The number of carbonyl (C=O) groups excluding carboxylic acids is 2. The van der Waals surface area contributed by atoms with E-state index in [2.05, 4.69) is 38.5 Å². The first kappa shape index (κ1) is 30.8. The zero-order valence-corrected chi connectivity index (χ0v) is 22.9. The van der Waals surface area contributed by atoms with Crippen molar-refractivity contribution in [2.24, 2.45) is 0 Å². The van der Waals surface area contributed by atoms with Crippen molar-refractivity contribution in [2.45, 2.75) is 77.5 Å². The van der Waals surface area contributed by atoms with Crippen molar-refractivity contribution in [2.75, 3.05) is 6.61 Å². The molecule has 1 unspecified atom stereocenters. The lowest BCUT2D eigenvalue weighted by atomic mass is 10.0. The summed E-state index contributed by atoms with van der Waals surface area (Å²) < 4.78 is 49.0. The van der Waals surface area contributed by atoms with E-state index in [1.165, 1.54) is 49.8 Å². The summed E-state index contributed by atoms with van der Waals surface area (Å²) in [5.74, 6) is -2.35. The van der Waals surface area contributed by atoms with Crippen LogP contribution in [0.15, 0.2) is 60.9 Å². The summed E-state index contributed by atoms with van der Waals surface area (Å²) in [5, 5.41) is 0. The van der Waals surface area contributed by atoms with Crippen molar-refractivity contribution in [1.29, 1.82) is 0 Å². The van der Waals surface area contributed by atoms with Crippen LogP contribution in [0.25, 0.3) is 22.5 Å². The molecule has 0 bridgehead atoms. The number of carbonyl (C=O) groups is 2. The van der Waals surface area contributed by atoms with E-state index in [-0.39, 0.29) is 12.2 Å². The zero-order chi connectivity index (χ0) is 29.0. The highest BCUT2D eigenvalue weighted by molar-refractivity contribution is 5.92. The molecule has 0 saturated carbocycles. The quantitative estimate of drug-likeness (QED) is 0.149. The van der Waals surface area contributed by atoms with Gasteiger partial charge in [-0.25, -0.2) is 19.6 Å². The normalized spacial score (nSPS) is 12.1. The molecule has 0 aliphatic carbocycles. The smallest absolute Gasteiger partial charge is 0.436 e. The standard InChI is InChI=1S/C31H35F3N2O4/c1-3-5-7-8-9-10-22-11-13-24(14-12-22)28-35-20-26(21-36-28)23-15-17-25(18-16-23)29(37)40-27(31(32,33)34)30(38)39-19-6-4-2/h11-18,20-21,27H,3-10,19H2,1-2H3. The van der Waals surface area contributed by atoms with Crippen LogP contribution in [-0.2, 0) is 20.7 Å². The molecule has 214 valence electrons. The number of hydrogen-bond acceptors (Lipinski definition) is 6. The fourth-order valence-corrected chi connectivity index (χ4v) is 3.99. The Morgan fingerprint density at radius 2 is 1.38 bits per heavy atom. The molecule has 0 aliphatic heterocycles. The summed E-state index contributed by atoms with van der Waals surface area (Å²) in [6.07, 6.45) is 3.50. The van der Waals surface area contributed by atoms with Gasteiger partial charge in [-0.15, -0.1) is 0 Å². The number of aryl methyl sites for hydroxylation is 1. The van der Waals surface area contributed by atoms with Crippen LogP contribution in [0.5, 0.6) is 0 Å². The van der Waals surface area contributed by atoms with Crippen LogP contribution in [0.3, 0.4) is 0 Å². The van der Waals surface area contributed by atoms with Gasteiger partial charge in [-0.3, -0.25) is 0 Å². The van der Waals surface area contributed by atoms with E-state index in [0.29, 0.717) is 29.8 Å². The Morgan fingerprint density at radius 1 is 0.775 bits per heavy atom. The van der Waals surface area contributed by atoms with Gasteiger partial charge >= 0.3 is 18.1 Å². The van der Waals surface area contributed by atoms with Crippen molar-refractivity contribution in [1.82, 2.24) is 9.97 Å². The molecular formula is C31H35F3N2O4. The van der Waals surface area contributed by atoms with Gasteiger partial charge in [0.05, 0.1) is 12.2 Å². The van der Waals surface area contributed by atoms with Crippen LogP contribution >= 0.6 is 0 Å². The first-order valence-corrected chi connectivity index (χ1v) is 13.7. The lowest BCUT2D eigenvalue weighted by molar-refractivity contribution is -0.218. The maximum absolute atomic E-state index is 13.3. The maximum Gasteiger partial charge on any atom is 0.436 e. The average molecular weight is 557 g/mol. The molecule has 0 N–H and O–H groups in total. The number of halogens is 3. The van der Waals surface area contributed by atoms with Gasteiger partial charge in [-0.05, 0) is 42.5 Å². The third kappa shape index (κ3) is 9.17. The van der Waals surface area contributed by atoms with Crippen LogP contribution in [0, 0.1) is 0 Å². The number of rotatable bonds is 14. The van der Waals surface area contributed by atoms with Gasteiger partial charge < -0.3 is 9.47 Å². The van der Waals surface area contributed by atoms with E-state index in [1.54, 1.807) is 31.5 Å². The molecule has 2 aromatic carbocycles. The van der Waals surface area contributed by atoms with Gasteiger partial charge in [-0.2, -0.15) is 13.2 Å². The summed E-state index contributed by atoms with van der Waals surface area (Å²) in [4.78, 5) is 33.1. The van der Waals surface area contributed by atoms with Crippen LogP contribution < -0.4 is 0 Å². The summed E-state index contributed by atoms with van der Waals surface area (Å²) >= 11 is 0. The molecule has 0 amide bonds. The molecule has 1 atom stereocenters. The van der Waals surface area contributed by atoms with Crippen molar-refractivity contribution in [3.63, 3.8) is 0 Å². The van der Waals surface area contributed by atoms with Gasteiger partial charge in [0.25, 0.3) is 6.10 Å². The molecule has 3 rings (SSSR count). The van der Waals surface area contributed by atoms with Crippen LogP contribution in [0.2, 0.25) is 0 Å². The summed E-state index contributed by atoms with van der Waals surface area (Å²) in [6.45, 7) is 3.83. The SMILES string of the molecule is CCCCCCCc1ccc(-c2ncc(-c3ccc(C(=O)OC(C(=O)OCCCC)C(F)(F)F)cc3)cn2)cc1. The lowest BCUT2D eigenvalue weighted by Gasteiger charge is -2.19. The molecule has 1 aromatic heterocycles. The Kier molecular flexibility index (Phi) is 11.7. The summed E-state index contributed by atoms with van der Waals surface area (Å²) in [7, 11) is 0. The molecule has 9 heteroatoms. The molecule has 3 aromatic rings. The predicted molar refractivity (Wildman–Crippen MR) is 146 cm³/mol. The fraction of sp³-hybridized carbons (Fsp3) is 0.419. The number of nitrogens with zero attached hydrogens (tertiary/aromatic N) is 2. The Morgan fingerprint density at radius 3 is 1.98 bits per heavy atom. The number of unbranched alkanes of at least 4 members (excludes halogenated alkanes) is 5. The van der Waals surface area contributed by atoms with Gasteiger partial charge in [0.2, 0.25) is 0 Å². The first-order chi connectivity index (χ1) is 19.2. The van der Waals surface area contributed by atoms with E-state index < -0.39 is 24.2 Å². The van der Waals surface area contributed by atoms with E-state index in [1.807, 2.05) is 12.1 Å². The van der Waals surface area contributed by atoms with E-state index >= 15 is 0 Å². The molecule has 0 spiro atoms. The highest BCUT2D eigenvalue weighted by atomic mass is 19.4. The van der Waals surface area contributed by atoms with Gasteiger partial charge in [-0.1, -0.05) is 82.3 Å². The molecule has 0 aliphatic rings. The third-order valence-corrected chi connectivity index (χ3v) is 6.37. The second-order valence-electron chi connectivity index (χ2n) is 9.58. The second-order valence-corrected chi connectivity index (χ2v) is 9.58. The molecule has 6 nitrogen and oxygen atoms in total. The van der Waals surface area contributed by atoms with Crippen molar-refractivity contribution in [3.8, 4) is 22.5 Å². The third-order valence-electron chi connectivity index (χ3n) is 6.37. The number of esters is 2. The Balaban J connectivity index is 1.60. The van der Waals surface area contributed by atoms with E-state index in [4.69, 9.17) is 0 Å². The Bertz CT molecular complexity index is 1210. The summed E-state index contributed by atoms with van der Waals surface area (Å²) in [6, 6.07) is 13.9. The van der Waals surface area contributed by atoms with Gasteiger partial charge in [0.15, 0.2) is 5.82 Å². The number of hydrogen-bond donors (Lipinski definition) is 0. The fourth-order valence-electron chi connectivity index (χ4n) is 3.99. The average Bonchev–Trinajstić information content (AvgIpc) is 2.95. The van der Waals surface area contributed by atoms with Crippen LogP contribution in [0.1, 0.15) is 74.7 Å². The number of ether oxygens (including phenoxy) is 2.